The lowest BCUT2D eigenvalue weighted by atomic mass is 9.87. The van der Waals surface area contributed by atoms with Crippen molar-refractivity contribution < 1.29 is 0 Å². The minimum absolute atomic E-state index is 0.170. The number of aromatic nitrogens is 3. The van der Waals surface area contributed by atoms with Crippen LogP contribution in [0.4, 0.5) is 0 Å². The summed E-state index contributed by atoms with van der Waals surface area (Å²) < 4.78 is 2.10. The Balaban J connectivity index is 1.56. The molecule has 2 unspecified atom stereocenters. The highest BCUT2D eigenvalue weighted by molar-refractivity contribution is 5.56. The van der Waals surface area contributed by atoms with Gasteiger partial charge in [-0.25, -0.2) is 9.67 Å². The molecule has 0 amide bonds. The van der Waals surface area contributed by atoms with Crippen LogP contribution in [-0.4, -0.2) is 32.8 Å². The Morgan fingerprint density at radius 3 is 2.22 bits per heavy atom. The normalized spacial score (nSPS) is 23.3. The molecule has 1 aliphatic heterocycles. The third-order valence-corrected chi connectivity index (χ3v) is 6.34. The van der Waals surface area contributed by atoms with Gasteiger partial charge in [0.1, 0.15) is 0 Å². The molecule has 1 aromatic heterocycles. The Bertz CT molecular complexity index is 770. The predicted octanol–water partition coefficient (Wildman–Crippen LogP) is 5.06. The van der Waals surface area contributed by atoms with Gasteiger partial charge in [0.15, 0.2) is 11.6 Å². The molecule has 27 heavy (non-hydrogen) atoms. The Morgan fingerprint density at radius 2 is 1.67 bits per heavy atom. The second-order valence-corrected chi connectivity index (χ2v) is 9.86. The van der Waals surface area contributed by atoms with Crippen LogP contribution in [0.15, 0.2) is 24.3 Å². The standard InChI is InChI=1S/C23H34N4/c1-16(2)27-22(17-9-11-20(12-10-17)23(3,4)5)24-21(25-27)15-26-13-18-7-6-8-19(18)14-26/h9-12,16,18-19H,6-8,13-15H2,1-5H3. The summed E-state index contributed by atoms with van der Waals surface area (Å²) >= 11 is 0. The van der Waals surface area contributed by atoms with E-state index in [4.69, 9.17) is 10.1 Å². The minimum atomic E-state index is 0.170. The molecule has 2 aliphatic rings. The second kappa shape index (κ2) is 7.05. The number of rotatable bonds is 4. The van der Waals surface area contributed by atoms with Gasteiger partial charge in [-0.2, -0.15) is 5.10 Å². The van der Waals surface area contributed by atoms with E-state index < -0.39 is 0 Å². The molecular weight excluding hydrogens is 332 g/mol. The molecule has 0 bridgehead atoms. The van der Waals surface area contributed by atoms with E-state index >= 15 is 0 Å². The van der Waals surface area contributed by atoms with Crippen LogP contribution in [-0.2, 0) is 12.0 Å². The second-order valence-electron chi connectivity index (χ2n) is 9.86. The number of nitrogens with zero attached hydrogens (tertiary/aromatic N) is 4. The van der Waals surface area contributed by atoms with E-state index in [-0.39, 0.29) is 5.41 Å². The van der Waals surface area contributed by atoms with Gasteiger partial charge in [0.2, 0.25) is 0 Å². The summed E-state index contributed by atoms with van der Waals surface area (Å²) in [6.07, 6.45) is 4.26. The maximum Gasteiger partial charge on any atom is 0.165 e. The number of likely N-dealkylation sites (tertiary alicyclic amines) is 1. The van der Waals surface area contributed by atoms with Crippen molar-refractivity contribution in [2.75, 3.05) is 13.1 Å². The van der Waals surface area contributed by atoms with Gasteiger partial charge in [-0.3, -0.25) is 4.90 Å². The molecule has 1 saturated heterocycles. The van der Waals surface area contributed by atoms with Gasteiger partial charge in [0.25, 0.3) is 0 Å². The van der Waals surface area contributed by atoms with Crippen LogP contribution in [0.1, 0.15) is 71.3 Å². The zero-order chi connectivity index (χ0) is 19.2. The number of hydrogen-bond donors (Lipinski definition) is 0. The van der Waals surface area contributed by atoms with Crippen LogP contribution < -0.4 is 0 Å². The van der Waals surface area contributed by atoms with Gasteiger partial charge in [-0.15, -0.1) is 0 Å². The lowest BCUT2D eigenvalue weighted by Crippen LogP contribution is -2.22. The summed E-state index contributed by atoms with van der Waals surface area (Å²) in [6.45, 7) is 14.5. The molecule has 146 valence electrons. The Morgan fingerprint density at radius 1 is 1.04 bits per heavy atom. The fraction of sp³-hybridized carbons (Fsp3) is 0.652. The first-order valence-electron chi connectivity index (χ1n) is 10.6. The van der Waals surface area contributed by atoms with Crippen molar-refractivity contribution in [1.29, 1.82) is 0 Å². The van der Waals surface area contributed by atoms with Gasteiger partial charge in [-0.1, -0.05) is 51.5 Å². The molecule has 1 saturated carbocycles. The minimum Gasteiger partial charge on any atom is -0.295 e. The third-order valence-electron chi connectivity index (χ3n) is 6.34. The van der Waals surface area contributed by atoms with Crippen LogP contribution in [0.2, 0.25) is 0 Å². The molecule has 0 radical (unpaired) electrons. The van der Waals surface area contributed by atoms with Crippen molar-refractivity contribution in [2.45, 2.75) is 71.9 Å². The molecule has 4 rings (SSSR count). The molecule has 2 atom stereocenters. The highest BCUT2D eigenvalue weighted by atomic mass is 15.4. The quantitative estimate of drug-likeness (QED) is 0.759. The Labute approximate surface area is 164 Å². The summed E-state index contributed by atoms with van der Waals surface area (Å²) in [5.74, 6) is 3.81. The summed E-state index contributed by atoms with van der Waals surface area (Å²) in [5.41, 5.74) is 2.68. The first-order valence-corrected chi connectivity index (χ1v) is 10.6. The van der Waals surface area contributed by atoms with E-state index in [0.717, 1.165) is 35.6 Å². The maximum absolute atomic E-state index is 4.96. The first-order chi connectivity index (χ1) is 12.8. The number of fused-ring (bicyclic) bond motifs is 1. The number of hydrogen-bond acceptors (Lipinski definition) is 3. The van der Waals surface area contributed by atoms with E-state index in [0.29, 0.717) is 6.04 Å². The van der Waals surface area contributed by atoms with Gasteiger partial charge in [0.05, 0.1) is 6.54 Å². The van der Waals surface area contributed by atoms with Crippen molar-refractivity contribution in [1.82, 2.24) is 19.7 Å². The smallest absolute Gasteiger partial charge is 0.165 e. The van der Waals surface area contributed by atoms with Crippen LogP contribution >= 0.6 is 0 Å². The lowest BCUT2D eigenvalue weighted by Gasteiger charge is -2.19. The molecule has 0 N–H and O–H groups in total. The molecule has 2 aromatic rings. The lowest BCUT2D eigenvalue weighted by molar-refractivity contribution is 0.295. The van der Waals surface area contributed by atoms with Crippen molar-refractivity contribution >= 4 is 0 Å². The molecule has 2 heterocycles. The van der Waals surface area contributed by atoms with E-state index in [1.54, 1.807) is 0 Å². The molecule has 2 fully saturated rings. The van der Waals surface area contributed by atoms with Crippen molar-refractivity contribution in [3.05, 3.63) is 35.7 Å². The summed E-state index contributed by atoms with van der Waals surface area (Å²) in [6, 6.07) is 9.18. The average Bonchev–Trinajstić information content (AvgIpc) is 3.29. The zero-order valence-electron chi connectivity index (χ0n) is 17.6. The third kappa shape index (κ3) is 3.82. The first kappa shape index (κ1) is 18.7. The van der Waals surface area contributed by atoms with Crippen molar-refractivity contribution in [3.8, 4) is 11.4 Å². The fourth-order valence-electron chi connectivity index (χ4n) is 4.77. The number of benzene rings is 1. The van der Waals surface area contributed by atoms with Crippen molar-refractivity contribution in [2.24, 2.45) is 11.8 Å². The fourth-order valence-corrected chi connectivity index (χ4v) is 4.77. The summed E-state index contributed by atoms with van der Waals surface area (Å²) in [7, 11) is 0. The van der Waals surface area contributed by atoms with Gasteiger partial charge in [0, 0.05) is 24.7 Å². The van der Waals surface area contributed by atoms with Crippen LogP contribution in [0.3, 0.4) is 0 Å². The Kier molecular flexibility index (Phi) is 4.87. The maximum atomic E-state index is 4.96. The van der Waals surface area contributed by atoms with Crippen LogP contribution in [0.25, 0.3) is 11.4 Å². The topological polar surface area (TPSA) is 34.0 Å². The molecule has 0 spiro atoms. The molecule has 4 nitrogen and oxygen atoms in total. The van der Waals surface area contributed by atoms with Gasteiger partial charge < -0.3 is 0 Å². The van der Waals surface area contributed by atoms with E-state index in [9.17, 15) is 0 Å². The Hall–Kier alpha value is -1.68. The average molecular weight is 367 g/mol. The van der Waals surface area contributed by atoms with E-state index in [2.05, 4.69) is 68.5 Å². The SMILES string of the molecule is CC(C)n1nc(CN2CC3CCCC3C2)nc1-c1ccc(C(C)(C)C)cc1. The van der Waals surface area contributed by atoms with E-state index in [1.807, 2.05) is 0 Å². The molecular formula is C23H34N4. The monoisotopic (exact) mass is 366 g/mol. The van der Waals surface area contributed by atoms with Crippen LogP contribution in [0, 0.1) is 11.8 Å². The van der Waals surface area contributed by atoms with Crippen molar-refractivity contribution in [3.63, 3.8) is 0 Å². The van der Waals surface area contributed by atoms with Gasteiger partial charge >= 0.3 is 0 Å². The zero-order valence-corrected chi connectivity index (χ0v) is 17.6. The highest BCUT2D eigenvalue weighted by Gasteiger charge is 2.36. The molecule has 1 aliphatic carbocycles. The molecule has 4 heteroatoms. The highest BCUT2D eigenvalue weighted by Crippen LogP contribution is 2.38. The van der Waals surface area contributed by atoms with Gasteiger partial charge in [-0.05, 0) is 49.5 Å². The summed E-state index contributed by atoms with van der Waals surface area (Å²) in [4.78, 5) is 7.53. The molecule has 1 aromatic carbocycles. The van der Waals surface area contributed by atoms with E-state index in [1.165, 1.54) is 37.9 Å². The largest absolute Gasteiger partial charge is 0.295 e. The van der Waals surface area contributed by atoms with Crippen LogP contribution in [0.5, 0.6) is 0 Å². The summed E-state index contributed by atoms with van der Waals surface area (Å²) in [5, 5.41) is 4.88. The predicted molar refractivity (Wildman–Crippen MR) is 111 cm³/mol.